The van der Waals surface area contributed by atoms with Crippen LogP contribution in [-0.2, 0) is 16.6 Å². The molecule has 1 amide bonds. The van der Waals surface area contributed by atoms with Gasteiger partial charge in [0, 0.05) is 26.2 Å². The molecule has 0 radical (unpaired) electrons. The van der Waals surface area contributed by atoms with E-state index in [4.69, 9.17) is 9.26 Å². The van der Waals surface area contributed by atoms with Crippen LogP contribution in [0.25, 0.3) is 0 Å². The van der Waals surface area contributed by atoms with Crippen LogP contribution in [0.2, 0.25) is 0 Å². The Bertz CT molecular complexity index is 1240. The predicted octanol–water partition coefficient (Wildman–Crippen LogP) is 3.33. The zero-order chi connectivity index (χ0) is 23.6. The van der Waals surface area contributed by atoms with Gasteiger partial charge in [-0.3, -0.25) is 4.79 Å². The second kappa shape index (κ2) is 9.36. The largest absolute Gasteiger partial charge is 0.489 e. The van der Waals surface area contributed by atoms with Crippen molar-refractivity contribution in [3.8, 4) is 5.75 Å². The SMILES string of the molecule is Cc1ccc(S(=O)(=O)N2CCN(C(=O)c3noc(C)c3COc3cccc(C)c3)CC2)cc1. The van der Waals surface area contributed by atoms with E-state index < -0.39 is 10.0 Å². The minimum Gasteiger partial charge on any atom is -0.489 e. The highest BCUT2D eigenvalue weighted by Crippen LogP contribution is 2.22. The van der Waals surface area contributed by atoms with Crippen LogP contribution < -0.4 is 4.74 Å². The fourth-order valence-corrected chi connectivity index (χ4v) is 5.15. The van der Waals surface area contributed by atoms with E-state index in [1.54, 1.807) is 36.1 Å². The van der Waals surface area contributed by atoms with Gasteiger partial charge < -0.3 is 14.2 Å². The van der Waals surface area contributed by atoms with Gasteiger partial charge in [-0.15, -0.1) is 0 Å². The molecule has 0 atom stereocenters. The van der Waals surface area contributed by atoms with Gasteiger partial charge in [0.05, 0.1) is 10.5 Å². The number of sulfonamides is 1. The Morgan fingerprint density at radius 3 is 2.36 bits per heavy atom. The van der Waals surface area contributed by atoms with Crippen LogP contribution in [0.3, 0.4) is 0 Å². The van der Waals surface area contributed by atoms with Crippen LogP contribution in [0, 0.1) is 20.8 Å². The summed E-state index contributed by atoms with van der Waals surface area (Å²) in [4.78, 5) is 15.0. The van der Waals surface area contributed by atoms with Crippen molar-refractivity contribution >= 4 is 15.9 Å². The third-order valence-electron chi connectivity index (χ3n) is 5.74. The van der Waals surface area contributed by atoms with Crippen LogP contribution >= 0.6 is 0 Å². The fraction of sp³-hybridized carbons (Fsp3) is 0.333. The van der Waals surface area contributed by atoms with Crippen LogP contribution in [0.1, 0.15) is 32.9 Å². The monoisotopic (exact) mass is 469 g/mol. The van der Waals surface area contributed by atoms with Gasteiger partial charge in [-0.05, 0) is 50.6 Å². The van der Waals surface area contributed by atoms with E-state index >= 15 is 0 Å². The van der Waals surface area contributed by atoms with Crippen molar-refractivity contribution in [1.29, 1.82) is 0 Å². The molecule has 174 valence electrons. The van der Waals surface area contributed by atoms with Gasteiger partial charge in [0.1, 0.15) is 18.1 Å². The van der Waals surface area contributed by atoms with Crippen molar-refractivity contribution in [3.05, 3.63) is 76.7 Å². The van der Waals surface area contributed by atoms with Gasteiger partial charge in [-0.2, -0.15) is 4.31 Å². The lowest BCUT2D eigenvalue weighted by Gasteiger charge is -2.33. The summed E-state index contributed by atoms with van der Waals surface area (Å²) in [6.07, 6.45) is 0. The van der Waals surface area contributed by atoms with Gasteiger partial charge in [0.2, 0.25) is 10.0 Å². The number of benzene rings is 2. The number of hydrogen-bond acceptors (Lipinski definition) is 6. The highest BCUT2D eigenvalue weighted by atomic mass is 32.2. The van der Waals surface area contributed by atoms with Crippen molar-refractivity contribution in [2.45, 2.75) is 32.3 Å². The summed E-state index contributed by atoms with van der Waals surface area (Å²) >= 11 is 0. The molecule has 1 saturated heterocycles. The molecule has 0 saturated carbocycles. The van der Waals surface area contributed by atoms with Gasteiger partial charge in [0.25, 0.3) is 5.91 Å². The number of ether oxygens (including phenoxy) is 1. The third-order valence-corrected chi connectivity index (χ3v) is 7.66. The molecule has 4 rings (SSSR count). The quantitative estimate of drug-likeness (QED) is 0.550. The van der Waals surface area contributed by atoms with E-state index in [0.717, 1.165) is 11.1 Å². The number of hydrogen-bond donors (Lipinski definition) is 0. The first-order chi connectivity index (χ1) is 15.8. The minimum atomic E-state index is -3.60. The second-order valence-corrected chi connectivity index (χ2v) is 10.1. The molecule has 1 aliphatic rings. The highest BCUT2D eigenvalue weighted by molar-refractivity contribution is 7.89. The first-order valence-electron chi connectivity index (χ1n) is 10.8. The van der Waals surface area contributed by atoms with Crippen LogP contribution in [0.5, 0.6) is 5.75 Å². The number of aromatic nitrogens is 1. The Morgan fingerprint density at radius 2 is 1.70 bits per heavy atom. The van der Waals surface area contributed by atoms with Crippen LogP contribution in [0.15, 0.2) is 57.9 Å². The van der Waals surface area contributed by atoms with E-state index in [2.05, 4.69) is 5.16 Å². The molecule has 9 heteroatoms. The maximum Gasteiger partial charge on any atom is 0.276 e. The lowest BCUT2D eigenvalue weighted by Crippen LogP contribution is -2.50. The number of aryl methyl sites for hydroxylation is 3. The van der Waals surface area contributed by atoms with Crippen molar-refractivity contribution in [2.75, 3.05) is 26.2 Å². The third kappa shape index (κ3) is 4.94. The summed E-state index contributed by atoms with van der Waals surface area (Å²) in [5.41, 5.74) is 2.87. The Morgan fingerprint density at radius 1 is 1.00 bits per heavy atom. The molecule has 1 fully saturated rings. The molecule has 2 aromatic carbocycles. The van der Waals surface area contributed by atoms with Crippen molar-refractivity contribution in [3.63, 3.8) is 0 Å². The summed E-state index contributed by atoms with van der Waals surface area (Å²) < 4.78 is 38.4. The average molecular weight is 470 g/mol. The Hall–Kier alpha value is -3.17. The lowest BCUT2D eigenvalue weighted by molar-refractivity contribution is 0.0685. The Labute approximate surface area is 193 Å². The second-order valence-electron chi connectivity index (χ2n) is 8.18. The molecule has 0 spiro atoms. The topological polar surface area (TPSA) is 93.0 Å². The number of rotatable bonds is 6. The predicted molar refractivity (Wildman–Crippen MR) is 123 cm³/mol. The van der Waals surface area contributed by atoms with E-state index in [1.807, 2.05) is 38.1 Å². The van der Waals surface area contributed by atoms with E-state index in [1.165, 1.54) is 4.31 Å². The van der Waals surface area contributed by atoms with Crippen molar-refractivity contribution in [1.82, 2.24) is 14.4 Å². The number of amides is 1. The summed E-state index contributed by atoms with van der Waals surface area (Å²) in [5.74, 6) is 0.928. The molecule has 0 unspecified atom stereocenters. The summed E-state index contributed by atoms with van der Waals surface area (Å²) in [6, 6.07) is 14.4. The molecule has 0 N–H and O–H groups in total. The first kappa shape index (κ1) is 23.0. The molecular formula is C24H27N3O5S. The molecule has 33 heavy (non-hydrogen) atoms. The van der Waals surface area contributed by atoms with Crippen LogP contribution in [-0.4, -0.2) is 54.9 Å². The van der Waals surface area contributed by atoms with Gasteiger partial charge in [0.15, 0.2) is 5.69 Å². The Kier molecular flexibility index (Phi) is 6.53. The Balaban J connectivity index is 1.42. The molecule has 1 aliphatic heterocycles. The molecular weight excluding hydrogens is 442 g/mol. The zero-order valence-corrected chi connectivity index (χ0v) is 19.8. The number of nitrogens with zero attached hydrogens (tertiary/aromatic N) is 3. The van der Waals surface area contributed by atoms with Gasteiger partial charge in [-0.25, -0.2) is 8.42 Å². The maximum atomic E-state index is 13.1. The zero-order valence-electron chi connectivity index (χ0n) is 18.9. The number of carbonyl (C=O) groups excluding carboxylic acids is 1. The van der Waals surface area contributed by atoms with Crippen molar-refractivity contribution in [2.24, 2.45) is 0 Å². The molecule has 3 aromatic rings. The standard InChI is InChI=1S/C24H27N3O5S/c1-17-7-9-21(10-8-17)33(29,30)27-13-11-26(12-14-27)24(28)23-22(19(3)32-25-23)16-31-20-6-4-5-18(2)15-20/h4-10,15H,11-14,16H2,1-3H3. The molecule has 8 nitrogen and oxygen atoms in total. The maximum absolute atomic E-state index is 13.1. The average Bonchev–Trinajstić information content (AvgIpc) is 3.18. The van der Waals surface area contributed by atoms with E-state index in [0.29, 0.717) is 17.1 Å². The normalized spacial score (nSPS) is 14.9. The van der Waals surface area contributed by atoms with E-state index in [9.17, 15) is 13.2 Å². The molecule has 0 bridgehead atoms. The first-order valence-corrected chi connectivity index (χ1v) is 12.2. The van der Waals surface area contributed by atoms with Gasteiger partial charge in [-0.1, -0.05) is 35.0 Å². The fourth-order valence-electron chi connectivity index (χ4n) is 3.73. The highest BCUT2D eigenvalue weighted by Gasteiger charge is 2.32. The van der Waals surface area contributed by atoms with E-state index in [-0.39, 0.29) is 49.3 Å². The summed E-state index contributed by atoms with van der Waals surface area (Å²) in [6.45, 7) is 6.76. The number of piperazine rings is 1. The summed E-state index contributed by atoms with van der Waals surface area (Å²) in [5, 5.41) is 3.97. The number of carbonyl (C=O) groups is 1. The van der Waals surface area contributed by atoms with Gasteiger partial charge >= 0.3 is 0 Å². The smallest absolute Gasteiger partial charge is 0.276 e. The lowest BCUT2D eigenvalue weighted by atomic mass is 10.1. The summed E-state index contributed by atoms with van der Waals surface area (Å²) in [7, 11) is -3.60. The molecule has 2 heterocycles. The minimum absolute atomic E-state index is 0.154. The molecule has 1 aromatic heterocycles. The van der Waals surface area contributed by atoms with Crippen LogP contribution in [0.4, 0.5) is 0 Å². The van der Waals surface area contributed by atoms with Crippen molar-refractivity contribution < 1.29 is 22.5 Å². The molecule has 0 aliphatic carbocycles.